The number of aromatic amines is 2. The van der Waals surface area contributed by atoms with Crippen molar-refractivity contribution < 1.29 is 29.3 Å². The van der Waals surface area contributed by atoms with E-state index in [1.807, 2.05) is 83.4 Å². The van der Waals surface area contributed by atoms with Gasteiger partial charge in [0.1, 0.15) is 12.9 Å². The number of H-pyrrole nitrogens is 2. The number of para-hydroxylation sites is 4. The highest BCUT2D eigenvalue weighted by molar-refractivity contribution is 5.76. The first-order chi connectivity index (χ1) is 37.9. The number of aliphatic hydroxyl groups excluding tert-OH is 1. The highest BCUT2D eigenvalue weighted by Gasteiger charge is 2.27. The Kier molecular flexibility index (Phi) is 21.3. The summed E-state index contributed by atoms with van der Waals surface area (Å²) < 4.78 is 9.36. The summed E-state index contributed by atoms with van der Waals surface area (Å²) in [6.07, 6.45) is 3.70. The summed E-state index contributed by atoms with van der Waals surface area (Å²) in [5.41, 5.74) is 8.66. The summed E-state index contributed by atoms with van der Waals surface area (Å²) in [4.78, 5) is 77.3. The standard InChI is InChI=1S/C29H31N5O5.C12H15N3O.C10H15NO.C7H5NO3/c35-28-30-26-8-4-5-9-27(26)33(28)24-14-16-32(17-15-24)29(36)39-19-18-31(20-22-6-2-1-3-7-22)21-23-10-12-25(13-11-23)34(37)38;16-12-14-10-3-1-2-4-11(10)15(12)9-5-7-13-8-6-9;1-9-2-4-10(5-3-9)8-11-6-7-12;9-5-6-1-3-7(4-2-6)8(10)11/h1-13,24H,14-21H2,(H,30,35);1-4,9,13H,5-8H2,(H,14,16);2-5,11-12H,6-8H2,1H3;1-5H. The third kappa shape index (κ3) is 16.5. The lowest BCUT2D eigenvalue weighted by atomic mass is 10.0. The van der Waals surface area contributed by atoms with E-state index >= 15 is 0 Å². The summed E-state index contributed by atoms with van der Waals surface area (Å²) >= 11 is 0. The Labute approximate surface area is 450 Å². The number of piperidine rings is 2. The predicted octanol–water partition coefficient (Wildman–Crippen LogP) is 8.45. The van der Waals surface area contributed by atoms with Crippen molar-refractivity contribution in [3.8, 4) is 0 Å². The molecule has 10 rings (SSSR count). The Morgan fingerprint density at radius 3 is 1.69 bits per heavy atom. The minimum Gasteiger partial charge on any atom is -0.448 e. The van der Waals surface area contributed by atoms with Gasteiger partial charge in [0.2, 0.25) is 0 Å². The van der Waals surface area contributed by atoms with E-state index in [-0.39, 0.29) is 48.1 Å². The molecular weight excluding hydrogens is 997 g/mol. The molecule has 1 amide bonds. The van der Waals surface area contributed by atoms with E-state index in [1.54, 1.807) is 21.6 Å². The lowest BCUT2D eigenvalue weighted by Gasteiger charge is -2.32. The van der Waals surface area contributed by atoms with Crippen LogP contribution in [0.5, 0.6) is 0 Å². The monoisotopic (exact) mass is 1060 g/mol. The topological polar surface area (TPSA) is 256 Å². The quantitative estimate of drug-likeness (QED) is 0.0264. The van der Waals surface area contributed by atoms with Gasteiger partial charge in [0.05, 0.1) is 38.5 Å². The molecule has 4 heterocycles. The van der Waals surface area contributed by atoms with Crippen LogP contribution in [0, 0.1) is 27.2 Å². The van der Waals surface area contributed by atoms with Crippen molar-refractivity contribution in [1.82, 2.24) is 39.5 Å². The number of fused-ring (bicyclic) bond motifs is 2. The third-order valence-electron chi connectivity index (χ3n) is 13.4. The van der Waals surface area contributed by atoms with Crippen LogP contribution in [-0.2, 0) is 24.4 Å². The number of nitro groups is 2. The summed E-state index contributed by atoms with van der Waals surface area (Å²) in [7, 11) is 0. The molecule has 0 radical (unpaired) electrons. The van der Waals surface area contributed by atoms with E-state index in [0.717, 1.165) is 65.7 Å². The molecule has 0 spiro atoms. The molecule has 408 valence electrons. The number of carbonyl (C=O) groups is 2. The molecule has 20 heteroatoms. The Hall–Kier alpha value is -8.56. The molecule has 78 heavy (non-hydrogen) atoms. The number of benzene rings is 6. The van der Waals surface area contributed by atoms with Gasteiger partial charge in [0.15, 0.2) is 0 Å². The number of nitro benzene ring substituents is 2. The first-order valence-electron chi connectivity index (χ1n) is 26.0. The minimum atomic E-state index is -0.505. The van der Waals surface area contributed by atoms with Gasteiger partial charge in [-0.1, -0.05) is 96.6 Å². The van der Waals surface area contributed by atoms with E-state index in [1.165, 1.54) is 47.5 Å². The number of non-ortho nitro benzene ring substituents is 2. The number of aldehydes is 1. The van der Waals surface area contributed by atoms with Crippen LogP contribution in [0.25, 0.3) is 22.1 Å². The van der Waals surface area contributed by atoms with E-state index in [4.69, 9.17) is 9.84 Å². The number of ether oxygens (including phenoxy) is 1. The SMILES string of the molecule is Cc1ccc(CNCCO)cc1.O=C(OCCN(Cc1ccccc1)Cc1ccc([N+](=O)[O-])cc1)N1CCC(n2c(=O)[nH]c3ccccc32)CC1.O=Cc1ccc([N+](=O)[O-])cc1.O=c1[nH]c2ccccc2n1C1CCNCC1. The Morgan fingerprint density at radius 1 is 0.679 bits per heavy atom. The van der Waals surface area contributed by atoms with Gasteiger partial charge in [-0.3, -0.25) is 39.1 Å². The van der Waals surface area contributed by atoms with Crippen LogP contribution in [0.15, 0.2) is 161 Å². The summed E-state index contributed by atoms with van der Waals surface area (Å²) in [5.74, 6) is 0. The van der Waals surface area contributed by atoms with Crippen LogP contribution in [0.2, 0.25) is 0 Å². The predicted molar refractivity (Wildman–Crippen MR) is 300 cm³/mol. The molecule has 0 bridgehead atoms. The minimum absolute atomic E-state index is 0.00407. The number of aryl methyl sites for hydroxylation is 1. The van der Waals surface area contributed by atoms with Crippen molar-refractivity contribution in [3.63, 3.8) is 0 Å². The fraction of sp³-hybridized carbons (Fsp3) is 0.310. The smallest absolute Gasteiger partial charge is 0.409 e. The number of nitrogens with one attached hydrogen (secondary N) is 4. The average molecular weight is 1060 g/mol. The van der Waals surface area contributed by atoms with Crippen molar-refractivity contribution in [2.75, 3.05) is 52.5 Å². The molecule has 2 saturated heterocycles. The number of imidazole rings is 2. The van der Waals surface area contributed by atoms with Crippen LogP contribution in [-0.4, -0.2) is 109 Å². The van der Waals surface area contributed by atoms with Gasteiger partial charge < -0.3 is 35.3 Å². The Balaban J connectivity index is 0.000000183. The third-order valence-corrected chi connectivity index (χ3v) is 13.4. The Morgan fingerprint density at radius 2 is 1.17 bits per heavy atom. The first kappa shape index (κ1) is 57.2. The fourth-order valence-electron chi connectivity index (χ4n) is 9.33. The number of amides is 1. The number of hydrogen-bond donors (Lipinski definition) is 5. The molecule has 2 aliphatic heterocycles. The van der Waals surface area contributed by atoms with Gasteiger partial charge >= 0.3 is 17.5 Å². The van der Waals surface area contributed by atoms with Gasteiger partial charge in [-0.2, -0.15) is 0 Å². The number of nitrogens with zero attached hydrogens (tertiary/aromatic N) is 6. The second-order valence-electron chi connectivity index (χ2n) is 18.9. The van der Waals surface area contributed by atoms with Gasteiger partial charge in [0.25, 0.3) is 11.4 Å². The van der Waals surface area contributed by atoms with Crippen LogP contribution in [0.1, 0.15) is 70.4 Å². The van der Waals surface area contributed by atoms with E-state index in [9.17, 15) is 39.4 Å². The maximum Gasteiger partial charge on any atom is 0.409 e. The van der Waals surface area contributed by atoms with Gasteiger partial charge in [-0.15, -0.1) is 0 Å². The first-order valence-corrected chi connectivity index (χ1v) is 26.0. The summed E-state index contributed by atoms with van der Waals surface area (Å²) in [6.45, 7) is 8.76. The van der Waals surface area contributed by atoms with Gasteiger partial charge in [-0.05, 0) is 98.8 Å². The number of aromatic nitrogens is 4. The van der Waals surface area contributed by atoms with Crippen molar-refractivity contribution in [2.24, 2.45) is 0 Å². The molecule has 2 fully saturated rings. The second kappa shape index (κ2) is 29.1. The van der Waals surface area contributed by atoms with E-state index in [0.29, 0.717) is 70.0 Å². The zero-order valence-electron chi connectivity index (χ0n) is 43.6. The highest BCUT2D eigenvalue weighted by atomic mass is 16.6. The molecule has 6 aromatic carbocycles. The van der Waals surface area contributed by atoms with Crippen molar-refractivity contribution in [2.45, 2.75) is 64.3 Å². The molecule has 0 unspecified atom stereocenters. The molecule has 0 saturated carbocycles. The molecule has 8 aromatic rings. The van der Waals surface area contributed by atoms with Crippen LogP contribution in [0.4, 0.5) is 16.2 Å². The molecule has 0 aliphatic carbocycles. The van der Waals surface area contributed by atoms with Crippen LogP contribution < -0.4 is 22.0 Å². The van der Waals surface area contributed by atoms with Crippen LogP contribution in [0.3, 0.4) is 0 Å². The number of likely N-dealkylation sites (tertiary alicyclic amines) is 1. The van der Waals surface area contributed by atoms with E-state index < -0.39 is 9.85 Å². The molecule has 20 nitrogen and oxygen atoms in total. The van der Waals surface area contributed by atoms with E-state index in [2.05, 4.69) is 56.7 Å². The van der Waals surface area contributed by atoms with Crippen LogP contribution >= 0.6 is 0 Å². The summed E-state index contributed by atoms with van der Waals surface area (Å²) in [6, 6.07) is 46.2. The zero-order chi connectivity index (χ0) is 55.2. The number of carbonyl (C=O) groups excluding carboxylic acids is 2. The molecular formula is C58H66N10O10. The average Bonchev–Trinajstić information content (AvgIpc) is 3.99. The van der Waals surface area contributed by atoms with Crippen molar-refractivity contribution in [3.05, 3.63) is 221 Å². The lowest BCUT2D eigenvalue weighted by Crippen LogP contribution is -2.41. The normalized spacial score (nSPS) is 13.6. The summed E-state index contributed by atoms with van der Waals surface area (Å²) in [5, 5.41) is 36.1. The van der Waals surface area contributed by atoms with Crippen molar-refractivity contribution >= 4 is 45.8 Å². The number of rotatable bonds is 16. The molecule has 2 aromatic heterocycles. The van der Waals surface area contributed by atoms with Gasteiger partial charge in [0, 0.05) is 87.7 Å². The zero-order valence-corrected chi connectivity index (χ0v) is 43.6. The second-order valence-corrected chi connectivity index (χ2v) is 18.9. The maximum absolute atomic E-state index is 12.8. The maximum atomic E-state index is 12.8. The van der Waals surface area contributed by atoms with Gasteiger partial charge in [-0.25, -0.2) is 14.4 Å². The molecule has 0 atom stereocenters. The lowest BCUT2D eigenvalue weighted by molar-refractivity contribution is -0.385. The van der Waals surface area contributed by atoms with Crippen molar-refractivity contribution in [1.29, 1.82) is 0 Å². The Bertz CT molecular complexity index is 3290. The molecule has 2 aliphatic rings. The largest absolute Gasteiger partial charge is 0.448 e. The number of aliphatic hydroxyl groups is 1. The fourth-order valence-corrected chi connectivity index (χ4v) is 9.33. The molecule has 5 N–H and O–H groups in total. The highest BCUT2D eigenvalue weighted by Crippen LogP contribution is 2.26. The number of hydrogen-bond acceptors (Lipinski definition) is 13.